The standard InChI is InChI=1S/C23H27Cl2N3O3S/c24-19-6-5-18(22(25)14-19)16-32(30,31)28-13-3-4-17(15-28)23(29)26-20-7-9-21(10-8-20)27-11-1-2-12-27/h5-10,14,17H,1-4,11-13,15-16H2,(H,26,29). The average molecular weight is 496 g/mol. The van der Waals surface area contributed by atoms with Gasteiger partial charge in [-0.15, -0.1) is 0 Å². The van der Waals surface area contributed by atoms with E-state index in [1.165, 1.54) is 23.2 Å². The summed E-state index contributed by atoms with van der Waals surface area (Å²) >= 11 is 12.1. The van der Waals surface area contributed by atoms with E-state index in [0.717, 1.165) is 24.5 Å². The molecule has 0 saturated carbocycles. The summed E-state index contributed by atoms with van der Waals surface area (Å²) in [7, 11) is -3.61. The van der Waals surface area contributed by atoms with Crippen LogP contribution in [-0.2, 0) is 20.6 Å². The maximum atomic E-state index is 13.0. The molecule has 1 N–H and O–H groups in total. The van der Waals surface area contributed by atoms with Crippen LogP contribution < -0.4 is 10.2 Å². The second kappa shape index (κ2) is 10.00. The van der Waals surface area contributed by atoms with Crippen molar-refractivity contribution in [3.63, 3.8) is 0 Å². The minimum Gasteiger partial charge on any atom is -0.372 e. The molecule has 172 valence electrons. The lowest BCUT2D eigenvalue weighted by molar-refractivity contribution is -0.120. The summed E-state index contributed by atoms with van der Waals surface area (Å²) in [5.41, 5.74) is 2.39. The highest BCUT2D eigenvalue weighted by atomic mass is 35.5. The molecule has 1 atom stereocenters. The highest BCUT2D eigenvalue weighted by Crippen LogP contribution is 2.27. The number of nitrogens with zero attached hydrogens (tertiary/aromatic N) is 2. The summed E-state index contributed by atoms with van der Waals surface area (Å²) in [5, 5.41) is 3.73. The summed E-state index contributed by atoms with van der Waals surface area (Å²) in [5.74, 6) is -0.754. The molecule has 2 aliphatic rings. The number of nitrogens with one attached hydrogen (secondary N) is 1. The predicted octanol–water partition coefficient (Wildman–Crippen LogP) is 4.77. The molecular formula is C23H27Cl2N3O3S. The third kappa shape index (κ3) is 5.57. The average Bonchev–Trinajstić information content (AvgIpc) is 3.31. The lowest BCUT2D eigenvalue weighted by Crippen LogP contribution is -2.44. The highest BCUT2D eigenvalue weighted by molar-refractivity contribution is 7.88. The molecule has 0 aromatic heterocycles. The first kappa shape index (κ1) is 23.4. The molecule has 2 aromatic rings. The van der Waals surface area contributed by atoms with E-state index in [2.05, 4.69) is 10.2 Å². The smallest absolute Gasteiger partial charge is 0.228 e. The van der Waals surface area contributed by atoms with Gasteiger partial charge >= 0.3 is 0 Å². The number of carbonyl (C=O) groups excluding carboxylic acids is 1. The van der Waals surface area contributed by atoms with Gasteiger partial charge in [-0.25, -0.2) is 12.7 Å². The quantitative estimate of drug-likeness (QED) is 0.626. The molecule has 4 rings (SSSR count). The van der Waals surface area contributed by atoms with Crippen LogP contribution in [0.15, 0.2) is 42.5 Å². The van der Waals surface area contributed by atoms with Crippen molar-refractivity contribution in [1.29, 1.82) is 0 Å². The largest absolute Gasteiger partial charge is 0.372 e. The van der Waals surface area contributed by atoms with E-state index in [9.17, 15) is 13.2 Å². The van der Waals surface area contributed by atoms with Crippen molar-refractivity contribution in [2.24, 2.45) is 5.92 Å². The van der Waals surface area contributed by atoms with Crippen molar-refractivity contribution in [1.82, 2.24) is 4.31 Å². The van der Waals surface area contributed by atoms with E-state index in [-0.39, 0.29) is 18.2 Å². The molecule has 32 heavy (non-hydrogen) atoms. The maximum absolute atomic E-state index is 13.0. The van der Waals surface area contributed by atoms with Crippen molar-refractivity contribution in [3.8, 4) is 0 Å². The number of anilines is 2. The Labute approximate surface area is 199 Å². The fourth-order valence-corrected chi connectivity index (χ4v) is 6.51. The van der Waals surface area contributed by atoms with Crippen LogP contribution in [0.2, 0.25) is 10.0 Å². The second-order valence-corrected chi connectivity index (χ2v) is 11.2. The molecule has 2 heterocycles. The number of amides is 1. The SMILES string of the molecule is O=C(Nc1ccc(N2CCCC2)cc1)C1CCCN(S(=O)(=O)Cc2ccc(Cl)cc2Cl)C1. The summed E-state index contributed by atoms with van der Waals surface area (Å²) in [6, 6.07) is 12.6. The van der Waals surface area contributed by atoms with Gasteiger partial charge in [-0.2, -0.15) is 0 Å². The molecule has 1 unspecified atom stereocenters. The number of benzene rings is 2. The predicted molar refractivity (Wildman–Crippen MR) is 130 cm³/mol. The van der Waals surface area contributed by atoms with Crippen molar-refractivity contribution in [3.05, 3.63) is 58.1 Å². The van der Waals surface area contributed by atoms with Gasteiger partial charge < -0.3 is 10.2 Å². The molecule has 6 nitrogen and oxygen atoms in total. The summed E-state index contributed by atoms with van der Waals surface area (Å²) in [6.07, 6.45) is 3.72. The molecular weight excluding hydrogens is 469 g/mol. The first-order chi connectivity index (χ1) is 15.3. The van der Waals surface area contributed by atoms with Gasteiger partial charge in [0, 0.05) is 47.6 Å². The summed E-state index contributed by atoms with van der Waals surface area (Å²) in [4.78, 5) is 15.2. The zero-order valence-electron chi connectivity index (χ0n) is 17.8. The van der Waals surface area contributed by atoms with Crippen LogP contribution in [0.1, 0.15) is 31.2 Å². The highest BCUT2D eigenvalue weighted by Gasteiger charge is 2.32. The Bertz CT molecular complexity index is 1070. The zero-order valence-corrected chi connectivity index (χ0v) is 20.1. The van der Waals surface area contributed by atoms with Gasteiger partial charge in [0.15, 0.2) is 0 Å². The Kier molecular flexibility index (Phi) is 7.30. The van der Waals surface area contributed by atoms with Gasteiger partial charge in [-0.1, -0.05) is 29.3 Å². The van der Waals surface area contributed by atoms with Gasteiger partial charge in [-0.3, -0.25) is 4.79 Å². The Balaban J connectivity index is 1.37. The minimum atomic E-state index is -3.61. The molecule has 2 fully saturated rings. The van der Waals surface area contributed by atoms with Crippen LogP contribution in [0.25, 0.3) is 0 Å². The lowest BCUT2D eigenvalue weighted by atomic mass is 9.98. The number of rotatable bonds is 6. The fraction of sp³-hybridized carbons (Fsp3) is 0.435. The monoisotopic (exact) mass is 495 g/mol. The molecule has 2 saturated heterocycles. The van der Waals surface area contributed by atoms with Gasteiger partial charge in [0.25, 0.3) is 0 Å². The maximum Gasteiger partial charge on any atom is 0.228 e. The first-order valence-corrected chi connectivity index (χ1v) is 13.3. The third-order valence-electron chi connectivity index (χ3n) is 6.11. The van der Waals surface area contributed by atoms with Gasteiger partial charge in [0.2, 0.25) is 15.9 Å². The third-order valence-corrected chi connectivity index (χ3v) is 8.49. The van der Waals surface area contributed by atoms with Crippen molar-refractivity contribution < 1.29 is 13.2 Å². The molecule has 0 radical (unpaired) electrons. The second-order valence-electron chi connectivity index (χ2n) is 8.42. The number of hydrogen-bond donors (Lipinski definition) is 1. The van der Waals surface area contributed by atoms with E-state index >= 15 is 0 Å². The number of carbonyl (C=O) groups is 1. The molecule has 9 heteroatoms. The number of piperidine rings is 1. The van der Waals surface area contributed by atoms with Crippen molar-refractivity contribution in [2.75, 3.05) is 36.4 Å². The molecule has 2 aromatic carbocycles. The topological polar surface area (TPSA) is 69.7 Å². The van der Waals surface area contributed by atoms with Gasteiger partial charge in [0.05, 0.1) is 11.7 Å². The van der Waals surface area contributed by atoms with Crippen LogP contribution in [0, 0.1) is 5.92 Å². The number of halogens is 2. The van der Waals surface area contributed by atoms with Crippen molar-refractivity contribution in [2.45, 2.75) is 31.4 Å². The Morgan fingerprint density at radius 1 is 1.00 bits per heavy atom. The van der Waals surface area contributed by atoms with Crippen molar-refractivity contribution >= 4 is 50.5 Å². The fourth-order valence-electron chi connectivity index (χ4n) is 4.31. The summed E-state index contributed by atoms with van der Waals surface area (Å²) in [6.45, 7) is 2.71. The van der Waals surface area contributed by atoms with Crippen LogP contribution in [0.4, 0.5) is 11.4 Å². The normalized spacial score (nSPS) is 19.8. The van der Waals surface area contributed by atoms with E-state index in [1.807, 2.05) is 24.3 Å². The Morgan fingerprint density at radius 3 is 2.41 bits per heavy atom. The van der Waals surface area contributed by atoms with Crippen LogP contribution >= 0.6 is 23.2 Å². The minimum absolute atomic E-state index is 0.150. The Hall–Kier alpha value is -1.80. The van der Waals surface area contributed by atoms with Gasteiger partial charge in [-0.05, 0) is 67.6 Å². The lowest BCUT2D eigenvalue weighted by Gasteiger charge is -2.31. The molecule has 2 aliphatic heterocycles. The van der Waals surface area contributed by atoms with E-state index < -0.39 is 15.9 Å². The summed E-state index contributed by atoms with van der Waals surface area (Å²) < 4.78 is 27.4. The molecule has 1 amide bonds. The zero-order chi connectivity index (χ0) is 22.7. The van der Waals surface area contributed by atoms with E-state index in [0.29, 0.717) is 35.0 Å². The van der Waals surface area contributed by atoms with Crippen LogP contribution in [0.5, 0.6) is 0 Å². The van der Waals surface area contributed by atoms with Crippen LogP contribution in [0.3, 0.4) is 0 Å². The van der Waals surface area contributed by atoms with E-state index in [1.54, 1.807) is 12.1 Å². The van der Waals surface area contributed by atoms with Crippen LogP contribution in [-0.4, -0.2) is 44.8 Å². The first-order valence-electron chi connectivity index (χ1n) is 10.9. The van der Waals surface area contributed by atoms with E-state index in [4.69, 9.17) is 23.2 Å². The molecule has 0 bridgehead atoms. The number of hydrogen-bond acceptors (Lipinski definition) is 4. The van der Waals surface area contributed by atoms with Gasteiger partial charge in [0.1, 0.15) is 0 Å². The number of sulfonamides is 1. The Morgan fingerprint density at radius 2 is 1.72 bits per heavy atom. The molecule has 0 spiro atoms. The molecule has 0 aliphatic carbocycles.